The summed E-state index contributed by atoms with van der Waals surface area (Å²) >= 11 is -1.83. The summed E-state index contributed by atoms with van der Waals surface area (Å²) in [5, 5.41) is 3.65. The second kappa shape index (κ2) is 5.43. The molecule has 0 radical (unpaired) electrons. The van der Waals surface area contributed by atoms with Crippen molar-refractivity contribution in [1.82, 2.24) is 0 Å². The van der Waals surface area contributed by atoms with Crippen LogP contribution in [0.15, 0.2) is 0 Å². The van der Waals surface area contributed by atoms with Crippen LogP contribution in [0, 0.1) is 10.7 Å². The summed E-state index contributed by atoms with van der Waals surface area (Å²) in [6.45, 7) is 6.60. The molecule has 0 bridgehead atoms. The van der Waals surface area contributed by atoms with Crippen LogP contribution in [-0.4, -0.2) is 19.6 Å². The maximum atomic E-state index is 10.1. The Morgan fingerprint density at radius 3 is 1.91 bits per heavy atom. The van der Waals surface area contributed by atoms with Gasteiger partial charge in [-0.3, -0.25) is 0 Å². The van der Waals surface area contributed by atoms with Gasteiger partial charge in [-0.1, -0.05) is 0 Å². The van der Waals surface area contributed by atoms with E-state index in [1.807, 2.05) is 0 Å². The molecule has 0 aliphatic carbocycles. The molecule has 0 fully saturated rings. The molecule has 0 unspecified atom stereocenters. The number of carbonyl (C=O) groups is 1. The Bertz CT molecular complexity index is 163. The van der Waals surface area contributed by atoms with E-state index in [1.54, 1.807) is 0 Å². The molecule has 0 N–H and O–H groups in total. The normalized spacial score (nSPS) is 10.1. The predicted octanol–water partition coefficient (Wildman–Crippen LogP) is 2.24. The molecule has 62 valence electrons. The van der Waals surface area contributed by atoms with E-state index < -0.39 is 13.3 Å². The molecular formula is C9H16GeO. The molecule has 0 aromatic heterocycles. The van der Waals surface area contributed by atoms with Crippen LogP contribution < -0.4 is 0 Å². The van der Waals surface area contributed by atoms with Crippen LogP contribution in [0.1, 0.15) is 20.8 Å². The Hall–Kier alpha value is -0.227. The minimum absolute atomic E-state index is 0.723. The van der Waals surface area contributed by atoms with E-state index in [9.17, 15) is 4.79 Å². The molecule has 0 saturated carbocycles. The Kier molecular flexibility index (Phi) is 5.31. The molecule has 0 amide bonds. The molecular weight excluding hydrogens is 197 g/mol. The first-order valence-corrected chi connectivity index (χ1v) is 9.71. The standard InChI is InChI=1S/C9H16GeO/c1-4-10(5-2,6-3)8-7-9-11/h9H,4-6H2,1-3H3. The van der Waals surface area contributed by atoms with Crippen molar-refractivity contribution in [3.05, 3.63) is 0 Å². The fourth-order valence-corrected chi connectivity index (χ4v) is 6.22. The van der Waals surface area contributed by atoms with E-state index >= 15 is 0 Å². The Morgan fingerprint density at radius 2 is 1.64 bits per heavy atom. The Labute approximate surface area is 71.9 Å². The van der Waals surface area contributed by atoms with Gasteiger partial charge in [0.15, 0.2) is 0 Å². The third-order valence-electron chi connectivity index (χ3n) is 2.43. The SMILES string of the molecule is C[CH2][Ge]([C]#CC=O)([CH2]C)[CH2]C. The van der Waals surface area contributed by atoms with Gasteiger partial charge in [0.1, 0.15) is 0 Å². The first-order chi connectivity index (χ1) is 5.24. The average molecular weight is 213 g/mol. The molecule has 2 heteroatoms. The predicted molar refractivity (Wildman–Crippen MR) is 51.0 cm³/mol. The third kappa shape index (κ3) is 3.11. The summed E-state index contributed by atoms with van der Waals surface area (Å²) in [5.41, 5.74) is 0. The van der Waals surface area contributed by atoms with Gasteiger partial charge < -0.3 is 0 Å². The van der Waals surface area contributed by atoms with Gasteiger partial charge >= 0.3 is 71.6 Å². The molecule has 1 nitrogen and oxygen atoms in total. The summed E-state index contributed by atoms with van der Waals surface area (Å²) in [6, 6.07) is 0. The fourth-order valence-electron chi connectivity index (χ4n) is 1.20. The van der Waals surface area contributed by atoms with Crippen molar-refractivity contribution in [2.75, 3.05) is 0 Å². The molecule has 0 rings (SSSR count). The van der Waals surface area contributed by atoms with Gasteiger partial charge in [0.05, 0.1) is 0 Å². The molecule has 0 aromatic rings. The van der Waals surface area contributed by atoms with E-state index in [2.05, 4.69) is 31.4 Å². The van der Waals surface area contributed by atoms with Crippen molar-refractivity contribution in [3.8, 4) is 10.7 Å². The maximum absolute atomic E-state index is 10.1. The topological polar surface area (TPSA) is 17.1 Å². The Balaban J connectivity index is 4.40. The van der Waals surface area contributed by atoms with E-state index in [0.29, 0.717) is 0 Å². The molecule has 0 saturated heterocycles. The second-order valence-corrected chi connectivity index (χ2v) is 13.1. The third-order valence-corrected chi connectivity index (χ3v) is 12.4. The van der Waals surface area contributed by atoms with E-state index in [-0.39, 0.29) is 0 Å². The minimum atomic E-state index is -1.83. The summed E-state index contributed by atoms with van der Waals surface area (Å²) in [5.74, 6) is 2.59. The van der Waals surface area contributed by atoms with E-state index in [1.165, 1.54) is 15.8 Å². The van der Waals surface area contributed by atoms with Crippen LogP contribution in [0.4, 0.5) is 0 Å². The van der Waals surface area contributed by atoms with Crippen molar-refractivity contribution in [2.24, 2.45) is 0 Å². The van der Waals surface area contributed by atoms with Gasteiger partial charge in [-0.15, -0.1) is 0 Å². The first-order valence-electron chi connectivity index (χ1n) is 4.21. The molecule has 0 aromatic carbocycles. The number of aldehydes is 1. The van der Waals surface area contributed by atoms with Crippen molar-refractivity contribution in [3.63, 3.8) is 0 Å². The second-order valence-electron chi connectivity index (χ2n) is 2.73. The zero-order valence-corrected chi connectivity index (χ0v) is 9.70. The monoisotopic (exact) mass is 214 g/mol. The van der Waals surface area contributed by atoms with E-state index in [4.69, 9.17) is 0 Å². The molecule has 0 atom stereocenters. The fraction of sp³-hybridized carbons (Fsp3) is 0.667. The average Bonchev–Trinajstić information content (AvgIpc) is 2.08. The van der Waals surface area contributed by atoms with Crippen molar-refractivity contribution in [2.45, 2.75) is 36.5 Å². The number of rotatable bonds is 3. The van der Waals surface area contributed by atoms with Crippen molar-refractivity contribution in [1.29, 1.82) is 0 Å². The Morgan fingerprint density at radius 1 is 1.18 bits per heavy atom. The molecule has 0 aliphatic heterocycles. The summed E-state index contributed by atoms with van der Waals surface area (Å²) in [6.07, 6.45) is 0.723. The first kappa shape index (κ1) is 10.8. The van der Waals surface area contributed by atoms with Crippen molar-refractivity contribution < 1.29 is 4.79 Å². The van der Waals surface area contributed by atoms with Gasteiger partial charge in [0.25, 0.3) is 0 Å². The molecule has 0 aliphatic rings. The van der Waals surface area contributed by atoms with Crippen LogP contribution in [0.2, 0.25) is 15.8 Å². The van der Waals surface area contributed by atoms with Gasteiger partial charge in [-0.05, 0) is 0 Å². The summed E-state index contributed by atoms with van der Waals surface area (Å²) in [4.78, 5) is 10.1. The van der Waals surface area contributed by atoms with E-state index in [0.717, 1.165) is 6.29 Å². The zero-order chi connectivity index (χ0) is 8.74. The molecule has 11 heavy (non-hydrogen) atoms. The van der Waals surface area contributed by atoms with Gasteiger partial charge in [-0.2, -0.15) is 0 Å². The van der Waals surface area contributed by atoms with Crippen LogP contribution in [0.5, 0.6) is 0 Å². The summed E-state index contributed by atoms with van der Waals surface area (Å²) in [7, 11) is 0. The van der Waals surface area contributed by atoms with Crippen LogP contribution in [-0.2, 0) is 4.79 Å². The van der Waals surface area contributed by atoms with Crippen molar-refractivity contribution >= 4 is 19.6 Å². The molecule has 0 spiro atoms. The van der Waals surface area contributed by atoms with Crippen LogP contribution >= 0.6 is 0 Å². The zero-order valence-electron chi connectivity index (χ0n) is 7.61. The molecule has 0 heterocycles. The quantitative estimate of drug-likeness (QED) is 0.399. The van der Waals surface area contributed by atoms with Gasteiger partial charge in [0.2, 0.25) is 0 Å². The van der Waals surface area contributed by atoms with Gasteiger partial charge in [-0.25, -0.2) is 0 Å². The van der Waals surface area contributed by atoms with Gasteiger partial charge in [0, 0.05) is 0 Å². The van der Waals surface area contributed by atoms with Crippen LogP contribution in [0.25, 0.3) is 0 Å². The van der Waals surface area contributed by atoms with Crippen LogP contribution in [0.3, 0.4) is 0 Å². The number of hydrogen-bond acceptors (Lipinski definition) is 1. The number of hydrogen-bond donors (Lipinski definition) is 0. The summed E-state index contributed by atoms with van der Waals surface area (Å²) < 4.78 is 3.20. The number of carbonyl (C=O) groups excluding carboxylic acids is 1.